The van der Waals surface area contributed by atoms with E-state index in [4.69, 9.17) is 9.15 Å². The quantitative estimate of drug-likeness (QED) is 0.507. The Labute approximate surface area is 191 Å². The van der Waals surface area contributed by atoms with Crippen molar-refractivity contribution in [2.75, 3.05) is 26.3 Å². The zero-order valence-electron chi connectivity index (χ0n) is 18.6. The number of amides is 1. The highest BCUT2D eigenvalue weighted by molar-refractivity contribution is 5.98. The maximum Gasteiger partial charge on any atom is 0.254 e. The van der Waals surface area contributed by atoms with Gasteiger partial charge < -0.3 is 19.2 Å². The zero-order chi connectivity index (χ0) is 23.0. The van der Waals surface area contributed by atoms with Crippen LogP contribution in [-0.4, -0.2) is 52.2 Å². The van der Waals surface area contributed by atoms with Crippen molar-refractivity contribution in [2.24, 2.45) is 0 Å². The van der Waals surface area contributed by atoms with E-state index >= 15 is 0 Å². The van der Waals surface area contributed by atoms with Crippen molar-refractivity contribution in [3.8, 4) is 22.5 Å². The Hall–Kier alpha value is -3.55. The maximum atomic E-state index is 12.9. The molecule has 0 unspecified atom stereocenters. The lowest BCUT2D eigenvalue weighted by Gasteiger charge is -2.27. The summed E-state index contributed by atoms with van der Waals surface area (Å²) in [7, 11) is 0. The van der Waals surface area contributed by atoms with Gasteiger partial charge >= 0.3 is 0 Å². The molecule has 1 amide bonds. The Balaban J connectivity index is 1.50. The minimum atomic E-state index is -1.01. The average molecular weight is 444 g/mol. The van der Waals surface area contributed by atoms with Gasteiger partial charge in [-0.1, -0.05) is 12.1 Å². The summed E-state index contributed by atoms with van der Waals surface area (Å²) >= 11 is 0. The van der Waals surface area contributed by atoms with E-state index in [1.54, 1.807) is 32.3 Å². The van der Waals surface area contributed by atoms with Gasteiger partial charge in [0, 0.05) is 48.2 Å². The molecule has 33 heavy (non-hydrogen) atoms. The van der Waals surface area contributed by atoms with Crippen molar-refractivity contribution in [1.82, 2.24) is 14.9 Å². The van der Waals surface area contributed by atoms with Crippen molar-refractivity contribution >= 4 is 17.0 Å². The molecule has 1 saturated heterocycles. The van der Waals surface area contributed by atoms with Crippen LogP contribution in [0.25, 0.3) is 33.6 Å². The molecular formula is C26H25N3O4. The molecule has 1 aliphatic heterocycles. The van der Waals surface area contributed by atoms with Gasteiger partial charge in [-0.2, -0.15) is 0 Å². The third-order valence-electron chi connectivity index (χ3n) is 5.81. The highest BCUT2D eigenvalue weighted by Crippen LogP contribution is 2.34. The molecule has 0 saturated carbocycles. The Kier molecular flexibility index (Phi) is 5.44. The minimum Gasteiger partial charge on any atom is -0.454 e. The molecule has 4 aromatic rings. The Morgan fingerprint density at radius 2 is 1.85 bits per heavy atom. The summed E-state index contributed by atoms with van der Waals surface area (Å²) in [5, 5.41) is 10.1. The monoisotopic (exact) mass is 443 g/mol. The van der Waals surface area contributed by atoms with Crippen molar-refractivity contribution in [3.05, 3.63) is 72.2 Å². The highest BCUT2D eigenvalue weighted by Gasteiger charge is 2.21. The Morgan fingerprint density at radius 1 is 1.03 bits per heavy atom. The minimum absolute atomic E-state index is 0.00329. The molecule has 1 fully saturated rings. The molecule has 1 aliphatic rings. The third-order valence-corrected chi connectivity index (χ3v) is 5.81. The number of carbonyl (C=O) groups is 1. The Bertz CT molecular complexity index is 1300. The molecular weight excluding hydrogens is 418 g/mol. The molecule has 7 heteroatoms. The summed E-state index contributed by atoms with van der Waals surface area (Å²) in [5.74, 6) is 0.642. The average Bonchev–Trinajstić information content (AvgIpc) is 3.28. The summed E-state index contributed by atoms with van der Waals surface area (Å²) in [4.78, 5) is 23.6. The topological polar surface area (TPSA) is 88.7 Å². The van der Waals surface area contributed by atoms with E-state index in [1.807, 2.05) is 47.4 Å². The lowest BCUT2D eigenvalue weighted by atomic mass is 10.0. The predicted molar refractivity (Wildman–Crippen MR) is 125 cm³/mol. The zero-order valence-corrected chi connectivity index (χ0v) is 18.6. The van der Waals surface area contributed by atoms with Crippen LogP contribution in [0.15, 0.2) is 65.3 Å². The number of fused-ring (bicyclic) bond motifs is 1. The number of furan rings is 1. The van der Waals surface area contributed by atoms with Crippen LogP contribution in [0.1, 0.15) is 29.9 Å². The van der Waals surface area contributed by atoms with Crippen LogP contribution in [0.3, 0.4) is 0 Å². The van der Waals surface area contributed by atoms with Gasteiger partial charge in [-0.15, -0.1) is 0 Å². The number of aliphatic hydroxyl groups is 1. The van der Waals surface area contributed by atoms with Crippen LogP contribution < -0.4 is 0 Å². The van der Waals surface area contributed by atoms with E-state index in [9.17, 15) is 9.90 Å². The van der Waals surface area contributed by atoms with Gasteiger partial charge in [0.15, 0.2) is 5.58 Å². The molecule has 5 rings (SSSR count). The summed E-state index contributed by atoms with van der Waals surface area (Å²) in [6.07, 6.45) is 3.43. The van der Waals surface area contributed by atoms with Crippen molar-refractivity contribution in [1.29, 1.82) is 0 Å². The first-order valence-corrected chi connectivity index (χ1v) is 11.0. The lowest BCUT2D eigenvalue weighted by Crippen LogP contribution is -2.40. The van der Waals surface area contributed by atoms with Gasteiger partial charge in [-0.3, -0.25) is 14.8 Å². The largest absolute Gasteiger partial charge is 0.454 e. The van der Waals surface area contributed by atoms with Crippen molar-refractivity contribution in [2.45, 2.75) is 19.4 Å². The van der Waals surface area contributed by atoms with E-state index < -0.39 is 5.60 Å². The number of ether oxygens (including phenoxy) is 1. The van der Waals surface area contributed by atoms with Crippen LogP contribution in [-0.2, 0) is 10.3 Å². The van der Waals surface area contributed by atoms with E-state index in [-0.39, 0.29) is 5.91 Å². The fourth-order valence-corrected chi connectivity index (χ4v) is 3.98. The molecule has 3 aromatic heterocycles. The number of nitrogens with zero attached hydrogens (tertiary/aromatic N) is 3. The number of pyridine rings is 2. The Morgan fingerprint density at radius 3 is 2.58 bits per heavy atom. The number of hydrogen-bond donors (Lipinski definition) is 1. The highest BCUT2D eigenvalue weighted by atomic mass is 16.5. The SMILES string of the molecule is CC(C)(O)c1ccc(-c2cc3nccc(-c4cccc(C(=O)N5CCOCC5)c4)c3o2)cn1. The van der Waals surface area contributed by atoms with E-state index in [1.165, 1.54) is 0 Å². The van der Waals surface area contributed by atoms with Crippen molar-refractivity contribution < 1.29 is 19.1 Å². The number of morpholine rings is 1. The van der Waals surface area contributed by atoms with Crippen molar-refractivity contribution in [3.63, 3.8) is 0 Å². The fourth-order valence-electron chi connectivity index (χ4n) is 3.98. The number of carbonyl (C=O) groups excluding carboxylic acids is 1. The standard InChI is InChI=1S/C26H25N3O4/c1-26(2,31)23-7-6-19(16-28-23)22-15-21-24(33-22)20(8-9-27-21)17-4-3-5-18(14-17)25(30)29-10-12-32-13-11-29/h3-9,14-16,31H,10-13H2,1-2H3. The van der Waals surface area contributed by atoms with Gasteiger partial charge in [-0.25, -0.2) is 0 Å². The summed E-state index contributed by atoms with van der Waals surface area (Å²) < 4.78 is 11.6. The van der Waals surface area contributed by atoms with Gasteiger partial charge in [0.2, 0.25) is 0 Å². The van der Waals surface area contributed by atoms with Crippen LogP contribution >= 0.6 is 0 Å². The van der Waals surface area contributed by atoms with Gasteiger partial charge in [0.1, 0.15) is 16.9 Å². The van der Waals surface area contributed by atoms with Crippen LogP contribution in [0, 0.1) is 0 Å². The van der Waals surface area contributed by atoms with Crippen LogP contribution in [0.5, 0.6) is 0 Å². The molecule has 0 spiro atoms. The van der Waals surface area contributed by atoms with Gasteiger partial charge in [0.05, 0.1) is 18.9 Å². The smallest absolute Gasteiger partial charge is 0.254 e. The second kappa shape index (κ2) is 8.42. The summed E-state index contributed by atoms with van der Waals surface area (Å²) in [5.41, 5.74) is 4.13. The molecule has 4 heterocycles. The first-order chi connectivity index (χ1) is 15.9. The lowest BCUT2D eigenvalue weighted by molar-refractivity contribution is 0.0303. The summed E-state index contributed by atoms with van der Waals surface area (Å²) in [6.45, 7) is 5.73. The van der Waals surface area contributed by atoms with Crippen LogP contribution in [0.2, 0.25) is 0 Å². The number of hydrogen-bond acceptors (Lipinski definition) is 6. The molecule has 0 radical (unpaired) electrons. The second-order valence-corrected chi connectivity index (χ2v) is 8.66. The first kappa shape index (κ1) is 21.3. The molecule has 0 atom stereocenters. The number of aromatic nitrogens is 2. The molecule has 0 bridgehead atoms. The summed E-state index contributed by atoms with van der Waals surface area (Å²) in [6, 6.07) is 15.0. The molecule has 7 nitrogen and oxygen atoms in total. The van der Waals surface area contributed by atoms with Gasteiger partial charge in [-0.05, 0) is 49.7 Å². The normalized spacial score (nSPS) is 14.6. The molecule has 1 aromatic carbocycles. The van der Waals surface area contributed by atoms with Crippen LogP contribution in [0.4, 0.5) is 0 Å². The molecule has 0 aliphatic carbocycles. The van der Waals surface area contributed by atoms with E-state index in [0.29, 0.717) is 48.9 Å². The molecule has 1 N–H and O–H groups in total. The third kappa shape index (κ3) is 4.25. The number of rotatable bonds is 4. The predicted octanol–water partition coefficient (Wildman–Crippen LogP) is 4.26. The van der Waals surface area contributed by atoms with Gasteiger partial charge in [0.25, 0.3) is 5.91 Å². The number of benzene rings is 1. The molecule has 168 valence electrons. The fraction of sp³-hybridized carbons (Fsp3) is 0.269. The first-order valence-electron chi connectivity index (χ1n) is 11.0. The maximum absolute atomic E-state index is 12.9. The van der Waals surface area contributed by atoms with E-state index in [0.717, 1.165) is 22.2 Å². The second-order valence-electron chi connectivity index (χ2n) is 8.66. The van der Waals surface area contributed by atoms with E-state index in [2.05, 4.69) is 9.97 Å².